The third-order valence-corrected chi connectivity index (χ3v) is 3.29. The lowest BCUT2D eigenvalue weighted by molar-refractivity contribution is -0.137. The van der Waals surface area contributed by atoms with Crippen molar-refractivity contribution in [3.05, 3.63) is 34.8 Å². The summed E-state index contributed by atoms with van der Waals surface area (Å²) < 4.78 is 1.22. The standard InChI is InChI=1S/C11H12N4O3S/c12-10(8-2-1-3-19-8)11(18)14-7-4-13-15(5-7)6-9(16)17/h1-5,10H,6,12H2,(H,14,18)(H,16,17). The zero-order valence-electron chi connectivity index (χ0n) is 9.81. The molecule has 7 nitrogen and oxygen atoms in total. The number of nitrogens with zero attached hydrogens (tertiary/aromatic N) is 2. The van der Waals surface area contributed by atoms with Gasteiger partial charge in [-0.1, -0.05) is 6.07 Å². The molecule has 1 amide bonds. The Morgan fingerprint density at radius 1 is 1.58 bits per heavy atom. The number of hydrogen-bond donors (Lipinski definition) is 3. The number of nitrogens with two attached hydrogens (primary N) is 1. The van der Waals surface area contributed by atoms with Crippen LogP contribution >= 0.6 is 11.3 Å². The molecule has 0 radical (unpaired) electrons. The molecule has 0 aliphatic carbocycles. The van der Waals surface area contributed by atoms with E-state index in [1.165, 1.54) is 28.4 Å². The average molecular weight is 280 g/mol. The van der Waals surface area contributed by atoms with Gasteiger partial charge in [-0.25, -0.2) is 0 Å². The molecule has 2 heterocycles. The van der Waals surface area contributed by atoms with E-state index in [1.807, 2.05) is 11.4 Å². The van der Waals surface area contributed by atoms with Gasteiger partial charge in [0.1, 0.15) is 12.6 Å². The molecule has 2 aromatic heterocycles. The molecule has 19 heavy (non-hydrogen) atoms. The Balaban J connectivity index is 1.99. The van der Waals surface area contributed by atoms with Crippen LogP contribution in [0.15, 0.2) is 29.9 Å². The molecule has 0 saturated carbocycles. The Hall–Kier alpha value is -2.19. The van der Waals surface area contributed by atoms with Crippen LogP contribution in [0.2, 0.25) is 0 Å². The molecule has 2 rings (SSSR count). The molecule has 0 aliphatic heterocycles. The largest absolute Gasteiger partial charge is 0.480 e. The van der Waals surface area contributed by atoms with E-state index in [0.29, 0.717) is 5.69 Å². The van der Waals surface area contributed by atoms with Gasteiger partial charge in [-0.15, -0.1) is 11.3 Å². The van der Waals surface area contributed by atoms with Gasteiger partial charge in [0.05, 0.1) is 11.9 Å². The van der Waals surface area contributed by atoms with Crippen molar-refractivity contribution in [3.8, 4) is 0 Å². The number of anilines is 1. The van der Waals surface area contributed by atoms with Crippen molar-refractivity contribution in [1.82, 2.24) is 9.78 Å². The maximum atomic E-state index is 11.9. The van der Waals surface area contributed by atoms with Crippen molar-refractivity contribution in [2.75, 3.05) is 5.32 Å². The number of carbonyl (C=O) groups is 2. The number of rotatable bonds is 5. The molecule has 8 heteroatoms. The fraction of sp³-hybridized carbons (Fsp3) is 0.182. The van der Waals surface area contributed by atoms with E-state index in [4.69, 9.17) is 10.8 Å². The number of amides is 1. The summed E-state index contributed by atoms with van der Waals surface area (Å²) in [5, 5.41) is 16.8. The highest BCUT2D eigenvalue weighted by molar-refractivity contribution is 7.10. The van der Waals surface area contributed by atoms with Crippen LogP contribution in [0.1, 0.15) is 10.9 Å². The molecule has 4 N–H and O–H groups in total. The number of nitrogens with one attached hydrogen (secondary N) is 1. The van der Waals surface area contributed by atoms with Gasteiger partial charge in [0.2, 0.25) is 5.91 Å². The first kappa shape index (κ1) is 13.2. The van der Waals surface area contributed by atoms with Gasteiger partial charge in [0.25, 0.3) is 0 Å². The van der Waals surface area contributed by atoms with Crippen LogP contribution in [0.25, 0.3) is 0 Å². The summed E-state index contributed by atoms with van der Waals surface area (Å²) in [6.07, 6.45) is 2.81. The highest BCUT2D eigenvalue weighted by atomic mass is 32.1. The Morgan fingerprint density at radius 3 is 3.00 bits per heavy atom. The maximum absolute atomic E-state index is 11.9. The van der Waals surface area contributed by atoms with Gasteiger partial charge in [0.15, 0.2) is 0 Å². The topological polar surface area (TPSA) is 110 Å². The summed E-state index contributed by atoms with van der Waals surface area (Å²) in [6.45, 7) is -0.257. The zero-order valence-corrected chi connectivity index (χ0v) is 10.6. The lowest BCUT2D eigenvalue weighted by atomic mass is 10.2. The number of carbonyl (C=O) groups excluding carboxylic acids is 1. The molecule has 0 aromatic carbocycles. The molecule has 2 aromatic rings. The van der Waals surface area contributed by atoms with Gasteiger partial charge < -0.3 is 16.2 Å². The molecule has 100 valence electrons. The highest BCUT2D eigenvalue weighted by Gasteiger charge is 2.17. The Morgan fingerprint density at radius 2 is 2.37 bits per heavy atom. The monoisotopic (exact) mass is 280 g/mol. The van der Waals surface area contributed by atoms with Crippen LogP contribution in [0.3, 0.4) is 0 Å². The van der Waals surface area contributed by atoms with E-state index in [2.05, 4.69) is 10.4 Å². The Kier molecular flexibility index (Phi) is 3.93. The molecular formula is C11H12N4O3S. The normalized spacial score (nSPS) is 12.1. The molecule has 0 spiro atoms. The Bertz CT molecular complexity index is 579. The lowest BCUT2D eigenvalue weighted by Crippen LogP contribution is -2.26. The lowest BCUT2D eigenvalue weighted by Gasteiger charge is -2.08. The molecule has 1 atom stereocenters. The van der Waals surface area contributed by atoms with E-state index in [0.717, 1.165) is 4.88 Å². The minimum Gasteiger partial charge on any atom is -0.480 e. The molecule has 0 aliphatic rings. The van der Waals surface area contributed by atoms with Crippen LogP contribution in [0, 0.1) is 0 Å². The number of aromatic nitrogens is 2. The number of thiophene rings is 1. The second kappa shape index (κ2) is 5.63. The van der Waals surface area contributed by atoms with Crippen molar-refractivity contribution >= 4 is 28.9 Å². The third-order valence-electron chi connectivity index (χ3n) is 2.33. The van der Waals surface area contributed by atoms with Crippen LogP contribution in [0.5, 0.6) is 0 Å². The van der Waals surface area contributed by atoms with Gasteiger partial charge >= 0.3 is 5.97 Å². The van der Waals surface area contributed by atoms with Crippen LogP contribution in [0.4, 0.5) is 5.69 Å². The summed E-state index contributed by atoms with van der Waals surface area (Å²) >= 11 is 1.40. The second-order valence-corrected chi connectivity index (χ2v) is 4.78. The fourth-order valence-corrected chi connectivity index (χ4v) is 2.20. The molecule has 0 fully saturated rings. The molecule has 1 unspecified atom stereocenters. The number of aliphatic carboxylic acids is 1. The third kappa shape index (κ3) is 3.39. The second-order valence-electron chi connectivity index (χ2n) is 3.80. The van der Waals surface area contributed by atoms with E-state index in [-0.39, 0.29) is 12.5 Å². The highest BCUT2D eigenvalue weighted by Crippen LogP contribution is 2.18. The minimum absolute atomic E-state index is 0.257. The minimum atomic E-state index is -1.00. The van der Waals surface area contributed by atoms with Crippen molar-refractivity contribution in [3.63, 3.8) is 0 Å². The van der Waals surface area contributed by atoms with Crippen LogP contribution in [-0.4, -0.2) is 26.8 Å². The maximum Gasteiger partial charge on any atom is 0.325 e. The van der Waals surface area contributed by atoms with Gasteiger partial charge in [-0.05, 0) is 11.4 Å². The van der Waals surface area contributed by atoms with Gasteiger partial charge in [-0.2, -0.15) is 5.10 Å². The Labute approximate surface area is 112 Å². The summed E-state index contributed by atoms with van der Waals surface area (Å²) in [4.78, 5) is 23.1. The summed E-state index contributed by atoms with van der Waals surface area (Å²) in [7, 11) is 0. The van der Waals surface area contributed by atoms with Crippen LogP contribution in [-0.2, 0) is 16.1 Å². The molecule has 0 saturated heterocycles. The number of carboxylic acids is 1. The first-order valence-corrected chi connectivity index (χ1v) is 6.28. The summed E-state index contributed by atoms with van der Waals surface area (Å²) in [5.41, 5.74) is 6.21. The predicted molar refractivity (Wildman–Crippen MR) is 69.7 cm³/mol. The van der Waals surface area contributed by atoms with Crippen molar-refractivity contribution in [2.45, 2.75) is 12.6 Å². The quantitative estimate of drug-likeness (QED) is 0.745. The smallest absolute Gasteiger partial charge is 0.325 e. The molecular weight excluding hydrogens is 268 g/mol. The van der Waals surface area contributed by atoms with E-state index < -0.39 is 12.0 Å². The van der Waals surface area contributed by atoms with Gasteiger partial charge in [-0.3, -0.25) is 14.3 Å². The van der Waals surface area contributed by atoms with Gasteiger partial charge in [0, 0.05) is 11.1 Å². The SMILES string of the molecule is NC(C(=O)Nc1cnn(CC(=O)O)c1)c1cccs1. The summed E-state index contributed by atoms with van der Waals surface area (Å²) in [5.74, 6) is -1.37. The average Bonchev–Trinajstić information content (AvgIpc) is 2.98. The predicted octanol–water partition coefficient (Wildman–Crippen LogP) is 0.668. The van der Waals surface area contributed by atoms with Crippen molar-refractivity contribution in [2.24, 2.45) is 5.73 Å². The fourth-order valence-electron chi connectivity index (χ4n) is 1.47. The van der Waals surface area contributed by atoms with Crippen molar-refractivity contribution < 1.29 is 14.7 Å². The summed E-state index contributed by atoms with van der Waals surface area (Å²) in [6, 6.07) is 2.85. The molecule has 0 bridgehead atoms. The first-order chi connectivity index (χ1) is 9.06. The van der Waals surface area contributed by atoms with E-state index in [9.17, 15) is 9.59 Å². The number of hydrogen-bond acceptors (Lipinski definition) is 5. The van der Waals surface area contributed by atoms with E-state index in [1.54, 1.807) is 6.07 Å². The van der Waals surface area contributed by atoms with Crippen molar-refractivity contribution in [1.29, 1.82) is 0 Å². The number of carboxylic acid groups (broad SMARTS) is 1. The van der Waals surface area contributed by atoms with Crippen LogP contribution < -0.4 is 11.1 Å². The zero-order chi connectivity index (χ0) is 13.8. The van der Waals surface area contributed by atoms with E-state index >= 15 is 0 Å². The first-order valence-electron chi connectivity index (χ1n) is 5.40.